The van der Waals surface area contributed by atoms with Crippen LogP contribution >= 0.6 is 11.6 Å². The predicted molar refractivity (Wildman–Crippen MR) is 81.2 cm³/mol. The summed E-state index contributed by atoms with van der Waals surface area (Å²) in [6, 6.07) is 5.63. The fourth-order valence-electron chi connectivity index (χ4n) is 2.39. The average molecular weight is 278 g/mol. The van der Waals surface area contributed by atoms with Crippen LogP contribution in [0, 0.1) is 5.41 Å². The second-order valence-corrected chi connectivity index (χ2v) is 6.41. The van der Waals surface area contributed by atoms with Gasteiger partial charge in [0.15, 0.2) is 6.29 Å². The Balaban J connectivity index is 2.16. The zero-order valence-corrected chi connectivity index (χ0v) is 12.5. The molecule has 0 spiro atoms. The molecule has 1 heterocycles. The zero-order chi connectivity index (χ0) is 14.0. The third-order valence-corrected chi connectivity index (χ3v) is 3.98. The molecule has 1 aliphatic rings. The minimum atomic E-state index is 0.255. The smallest absolute Gasteiger partial charge is 0.151 e. The van der Waals surface area contributed by atoms with E-state index in [2.05, 4.69) is 31.7 Å². The van der Waals surface area contributed by atoms with Crippen molar-refractivity contribution >= 4 is 23.6 Å². The van der Waals surface area contributed by atoms with E-state index in [4.69, 9.17) is 11.6 Å². The summed E-state index contributed by atoms with van der Waals surface area (Å²) in [4.78, 5) is 13.0. The lowest BCUT2D eigenvalue weighted by Crippen LogP contribution is -2.31. The first-order valence-corrected chi connectivity index (χ1v) is 6.99. The van der Waals surface area contributed by atoms with Crippen LogP contribution < -0.4 is 4.90 Å². The molecule has 19 heavy (non-hydrogen) atoms. The molecule has 2 rings (SSSR count). The van der Waals surface area contributed by atoms with E-state index in [1.807, 2.05) is 12.1 Å². The summed E-state index contributed by atoms with van der Waals surface area (Å²) >= 11 is 6.08. The lowest BCUT2D eigenvalue weighted by atomic mass is 9.83. The van der Waals surface area contributed by atoms with E-state index >= 15 is 0 Å². The number of hydrogen-bond acceptors (Lipinski definition) is 2. The van der Waals surface area contributed by atoms with Gasteiger partial charge < -0.3 is 4.90 Å². The zero-order valence-electron chi connectivity index (χ0n) is 11.7. The van der Waals surface area contributed by atoms with Crippen molar-refractivity contribution in [3.05, 3.63) is 40.4 Å². The molecule has 0 saturated carbocycles. The highest BCUT2D eigenvalue weighted by molar-refractivity contribution is 6.33. The molecule has 0 N–H and O–H groups in total. The Hall–Kier alpha value is -1.28. The van der Waals surface area contributed by atoms with E-state index in [1.165, 1.54) is 5.57 Å². The number of anilines is 1. The number of nitrogens with zero attached hydrogens (tertiary/aromatic N) is 1. The predicted octanol–water partition coefficient (Wildman–Crippen LogP) is 4.34. The van der Waals surface area contributed by atoms with Crippen molar-refractivity contribution in [2.75, 3.05) is 18.0 Å². The Morgan fingerprint density at radius 1 is 1.32 bits per heavy atom. The molecule has 0 amide bonds. The van der Waals surface area contributed by atoms with E-state index in [1.54, 1.807) is 6.07 Å². The van der Waals surface area contributed by atoms with Gasteiger partial charge in [0.1, 0.15) is 0 Å². The van der Waals surface area contributed by atoms with Gasteiger partial charge in [-0.1, -0.05) is 44.0 Å². The molecule has 0 unspecified atom stereocenters. The fraction of sp³-hybridized carbons (Fsp3) is 0.438. The van der Waals surface area contributed by atoms with Crippen LogP contribution in [-0.2, 0) is 0 Å². The van der Waals surface area contributed by atoms with Crippen molar-refractivity contribution in [2.24, 2.45) is 5.41 Å². The van der Waals surface area contributed by atoms with E-state index in [9.17, 15) is 4.79 Å². The highest BCUT2D eigenvalue weighted by Gasteiger charge is 2.21. The Morgan fingerprint density at radius 2 is 2.05 bits per heavy atom. The van der Waals surface area contributed by atoms with Gasteiger partial charge in [-0.15, -0.1) is 0 Å². The maximum Gasteiger partial charge on any atom is 0.151 e. The largest absolute Gasteiger partial charge is 0.367 e. The normalized spacial score (nSPS) is 16.2. The minimum absolute atomic E-state index is 0.255. The Labute approximate surface area is 120 Å². The van der Waals surface area contributed by atoms with Crippen LogP contribution in [0.3, 0.4) is 0 Å². The maximum absolute atomic E-state index is 10.8. The van der Waals surface area contributed by atoms with Gasteiger partial charge in [-0.25, -0.2) is 0 Å². The molecule has 0 atom stereocenters. The summed E-state index contributed by atoms with van der Waals surface area (Å²) in [6.45, 7) is 8.67. The molecule has 0 radical (unpaired) electrons. The van der Waals surface area contributed by atoms with Crippen LogP contribution in [0.15, 0.2) is 29.8 Å². The maximum atomic E-state index is 10.8. The van der Waals surface area contributed by atoms with Crippen molar-refractivity contribution in [3.8, 4) is 0 Å². The molecule has 102 valence electrons. The third-order valence-electron chi connectivity index (χ3n) is 3.65. The van der Waals surface area contributed by atoms with Crippen LogP contribution in [0.2, 0.25) is 5.02 Å². The number of rotatable bonds is 2. The molecule has 0 aromatic heterocycles. The highest BCUT2D eigenvalue weighted by atomic mass is 35.5. The number of halogens is 1. The SMILES string of the molecule is CC(C)(C)C1=CCN(c2ccc(C=O)c(Cl)c2)CC1. The molecule has 1 aromatic rings. The molecule has 0 saturated heterocycles. The molecular formula is C16H20ClNO. The average Bonchev–Trinajstić information content (AvgIpc) is 2.38. The van der Waals surface area contributed by atoms with Gasteiger partial charge in [0.2, 0.25) is 0 Å². The summed E-state index contributed by atoms with van der Waals surface area (Å²) in [5, 5.41) is 0.526. The summed E-state index contributed by atoms with van der Waals surface area (Å²) < 4.78 is 0. The molecule has 0 aliphatic carbocycles. The number of carbonyl (C=O) groups is 1. The second kappa shape index (κ2) is 5.38. The number of benzene rings is 1. The standard InChI is InChI=1S/C16H20ClNO/c1-16(2,3)13-6-8-18(9-7-13)14-5-4-12(11-19)15(17)10-14/h4-6,10-11H,7-9H2,1-3H3. The monoisotopic (exact) mass is 277 g/mol. The van der Waals surface area contributed by atoms with E-state index in [-0.39, 0.29) is 5.41 Å². The van der Waals surface area contributed by atoms with Crippen LogP contribution in [0.1, 0.15) is 37.6 Å². The number of carbonyl (C=O) groups excluding carboxylic acids is 1. The first-order valence-electron chi connectivity index (χ1n) is 6.61. The molecular weight excluding hydrogens is 258 g/mol. The number of hydrogen-bond donors (Lipinski definition) is 0. The molecule has 1 aromatic carbocycles. The summed E-state index contributed by atoms with van der Waals surface area (Å²) in [5.74, 6) is 0. The van der Waals surface area contributed by atoms with Crippen LogP contribution in [-0.4, -0.2) is 19.4 Å². The summed E-state index contributed by atoms with van der Waals surface area (Å²) in [5.41, 5.74) is 3.40. The lowest BCUT2D eigenvalue weighted by Gasteiger charge is -2.33. The molecule has 2 nitrogen and oxygen atoms in total. The van der Waals surface area contributed by atoms with Crippen molar-refractivity contribution < 1.29 is 4.79 Å². The Kier molecular flexibility index (Phi) is 4.00. The van der Waals surface area contributed by atoms with E-state index in [0.717, 1.165) is 31.5 Å². The summed E-state index contributed by atoms with van der Waals surface area (Å²) in [7, 11) is 0. The molecule has 0 bridgehead atoms. The third kappa shape index (κ3) is 3.19. The van der Waals surface area contributed by atoms with Crippen LogP contribution in [0.25, 0.3) is 0 Å². The van der Waals surface area contributed by atoms with Crippen LogP contribution in [0.4, 0.5) is 5.69 Å². The van der Waals surface area contributed by atoms with Gasteiger partial charge in [-0.3, -0.25) is 4.79 Å². The van der Waals surface area contributed by atoms with Crippen molar-refractivity contribution in [1.29, 1.82) is 0 Å². The van der Waals surface area contributed by atoms with Gasteiger partial charge in [0.25, 0.3) is 0 Å². The summed E-state index contributed by atoms with van der Waals surface area (Å²) in [6.07, 6.45) is 4.18. The molecule has 3 heteroatoms. The Morgan fingerprint density at radius 3 is 2.53 bits per heavy atom. The topological polar surface area (TPSA) is 20.3 Å². The van der Waals surface area contributed by atoms with Gasteiger partial charge in [-0.2, -0.15) is 0 Å². The minimum Gasteiger partial charge on any atom is -0.367 e. The van der Waals surface area contributed by atoms with Crippen LogP contribution in [0.5, 0.6) is 0 Å². The van der Waals surface area contributed by atoms with E-state index in [0.29, 0.717) is 10.6 Å². The second-order valence-electron chi connectivity index (χ2n) is 6.00. The van der Waals surface area contributed by atoms with Gasteiger partial charge >= 0.3 is 0 Å². The highest BCUT2D eigenvalue weighted by Crippen LogP contribution is 2.32. The molecule has 1 aliphatic heterocycles. The first kappa shape index (κ1) is 14.1. The van der Waals surface area contributed by atoms with Gasteiger partial charge in [0, 0.05) is 24.3 Å². The number of aldehydes is 1. The van der Waals surface area contributed by atoms with Crippen molar-refractivity contribution in [2.45, 2.75) is 27.2 Å². The van der Waals surface area contributed by atoms with Gasteiger partial charge in [-0.05, 0) is 30.0 Å². The Bertz CT molecular complexity index is 514. The van der Waals surface area contributed by atoms with Gasteiger partial charge in [0.05, 0.1) is 5.02 Å². The van der Waals surface area contributed by atoms with E-state index < -0.39 is 0 Å². The first-order chi connectivity index (χ1) is 8.91. The quantitative estimate of drug-likeness (QED) is 0.592. The van der Waals surface area contributed by atoms with Crippen molar-refractivity contribution in [1.82, 2.24) is 0 Å². The lowest BCUT2D eigenvalue weighted by molar-refractivity contribution is 0.112. The molecule has 0 fully saturated rings. The fourth-order valence-corrected chi connectivity index (χ4v) is 2.61. The van der Waals surface area contributed by atoms with Crippen molar-refractivity contribution in [3.63, 3.8) is 0 Å².